The second-order valence-corrected chi connectivity index (χ2v) is 7.01. The Morgan fingerprint density at radius 2 is 1.83 bits per heavy atom. The van der Waals surface area contributed by atoms with Gasteiger partial charge in [0.25, 0.3) is 0 Å². The minimum absolute atomic E-state index is 0.423. The average Bonchev–Trinajstić information content (AvgIpc) is 2.86. The van der Waals surface area contributed by atoms with Crippen LogP contribution in [0.2, 0.25) is 0 Å². The van der Waals surface area contributed by atoms with Crippen molar-refractivity contribution < 1.29 is 4.74 Å². The predicted octanol–water partition coefficient (Wildman–Crippen LogP) is 5.12. The Labute approximate surface area is 118 Å². The minimum Gasteiger partial charge on any atom is -0.372 e. The maximum absolute atomic E-state index is 5.50. The lowest BCUT2D eigenvalue weighted by molar-refractivity contribution is 0.134. The molecule has 1 unspecified atom stereocenters. The highest BCUT2D eigenvalue weighted by Gasteiger charge is 2.35. The standard InChI is InChI=1S/C16H21BrO/c1-16(7-3-2-4-8-16)15(17)12-5-6-13-10-18-11-14(13)9-12/h5-6,9,15H,2-4,7-8,10-11H2,1H3. The van der Waals surface area contributed by atoms with E-state index >= 15 is 0 Å². The van der Waals surface area contributed by atoms with Crippen LogP contribution in [0.5, 0.6) is 0 Å². The molecule has 1 aliphatic heterocycles. The molecule has 3 rings (SSSR count). The monoisotopic (exact) mass is 308 g/mol. The Morgan fingerprint density at radius 3 is 2.61 bits per heavy atom. The number of hydrogen-bond donors (Lipinski definition) is 0. The number of fused-ring (bicyclic) bond motifs is 1. The van der Waals surface area contributed by atoms with Gasteiger partial charge in [-0.1, -0.05) is 60.3 Å². The van der Waals surface area contributed by atoms with Crippen LogP contribution in [0.1, 0.15) is 60.5 Å². The van der Waals surface area contributed by atoms with Crippen molar-refractivity contribution in [2.45, 2.75) is 57.1 Å². The largest absolute Gasteiger partial charge is 0.372 e. The summed E-state index contributed by atoms with van der Waals surface area (Å²) in [6.07, 6.45) is 6.86. The third kappa shape index (κ3) is 2.25. The van der Waals surface area contributed by atoms with E-state index < -0.39 is 0 Å². The van der Waals surface area contributed by atoms with E-state index in [0.29, 0.717) is 10.2 Å². The first-order chi connectivity index (χ1) is 8.69. The maximum Gasteiger partial charge on any atom is 0.0725 e. The van der Waals surface area contributed by atoms with Crippen LogP contribution in [0.4, 0.5) is 0 Å². The lowest BCUT2D eigenvalue weighted by Gasteiger charge is -2.38. The molecule has 0 bridgehead atoms. The number of rotatable bonds is 2. The van der Waals surface area contributed by atoms with Gasteiger partial charge in [0.1, 0.15) is 0 Å². The zero-order valence-electron chi connectivity index (χ0n) is 11.0. The van der Waals surface area contributed by atoms with E-state index in [4.69, 9.17) is 4.74 Å². The van der Waals surface area contributed by atoms with Gasteiger partial charge in [0.05, 0.1) is 13.2 Å². The molecule has 1 heterocycles. The molecule has 0 radical (unpaired) electrons. The molecule has 1 aromatic carbocycles. The Hall–Kier alpha value is -0.340. The minimum atomic E-state index is 0.423. The molecule has 1 aromatic rings. The molecule has 0 amide bonds. The highest BCUT2D eigenvalue weighted by atomic mass is 79.9. The second kappa shape index (κ2) is 4.97. The van der Waals surface area contributed by atoms with E-state index in [1.165, 1.54) is 48.8 Å². The van der Waals surface area contributed by atoms with Crippen LogP contribution < -0.4 is 0 Å². The molecule has 0 spiro atoms. The topological polar surface area (TPSA) is 9.23 Å². The highest BCUT2D eigenvalue weighted by molar-refractivity contribution is 9.09. The van der Waals surface area contributed by atoms with Crippen molar-refractivity contribution >= 4 is 15.9 Å². The highest BCUT2D eigenvalue weighted by Crippen LogP contribution is 2.50. The lowest BCUT2D eigenvalue weighted by atomic mass is 9.72. The van der Waals surface area contributed by atoms with Crippen LogP contribution in [-0.2, 0) is 18.0 Å². The van der Waals surface area contributed by atoms with Crippen LogP contribution in [-0.4, -0.2) is 0 Å². The summed E-state index contributed by atoms with van der Waals surface area (Å²) in [6, 6.07) is 6.88. The van der Waals surface area contributed by atoms with Crippen LogP contribution in [0, 0.1) is 5.41 Å². The third-order valence-corrected chi connectivity index (χ3v) is 6.28. The molecule has 2 aliphatic rings. The summed E-state index contributed by atoms with van der Waals surface area (Å²) in [6.45, 7) is 4.02. The van der Waals surface area contributed by atoms with E-state index in [9.17, 15) is 0 Å². The van der Waals surface area contributed by atoms with E-state index in [-0.39, 0.29) is 0 Å². The molecule has 2 heteroatoms. The average molecular weight is 309 g/mol. The zero-order valence-corrected chi connectivity index (χ0v) is 12.6. The second-order valence-electron chi connectivity index (χ2n) is 6.10. The van der Waals surface area contributed by atoms with Crippen molar-refractivity contribution in [3.63, 3.8) is 0 Å². The first-order valence-electron chi connectivity index (χ1n) is 7.03. The zero-order chi connectivity index (χ0) is 12.6. The van der Waals surface area contributed by atoms with Gasteiger partial charge in [-0.05, 0) is 34.9 Å². The quantitative estimate of drug-likeness (QED) is 0.689. The SMILES string of the molecule is CC1(C(Br)c2ccc3c(c2)COC3)CCCCC1. The van der Waals surface area contributed by atoms with Gasteiger partial charge in [-0.3, -0.25) is 0 Å². The Balaban J connectivity index is 1.85. The first kappa shape index (κ1) is 12.7. The van der Waals surface area contributed by atoms with Gasteiger partial charge < -0.3 is 4.74 Å². The molecular formula is C16H21BrO. The van der Waals surface area contributed by atoms with Gasteiger partial charge >= 0.3 is 0 Å². The van der Waals surface area contributed by atoms with Crippen molar-refractivity contribution in [1.29, 1.82) is 0 Å². The fraction of sp³-hybridized carbons (Fsp3) is 0.625. The fourth-order valence-electron chi connectivity index (χ4n) is 3.36. The normalized spacial score (nSPS) is 23.7. The van der Waals surface area contributed by atoms with E-state index in [1.807, 2.05) is 0 Å². The van der Waals surface area contributed by atoms with E-state index in [2.05, 4.69) is 41.1 Å². The summed E-state index contributed by atoms with van der Waals surface area (Å²) >= 11 is 3.97. The van der Waals surface area contributed by atoms with Crippen molar-refractivity contribution in [2.24, 2.45) is 5.41 Å². The molecular weight excluding hydrogens is 288 g/mol. The van der Waals surface area contributed by atoms with Crippen molar-refractivity contribution in [3.8, 4) is 0 Å². The van der Waals surface area contributed by atoms with Crippen molar-refractivity contribution in [3.05, 3.63) is 34.9 Å². The molecule has 0 saturated heterocycles. The van der Waals surface area contributed by atoms with Gasteiger partial charge in [-0.15, -0.1) is 0 Å². The molecule has 98 valence electrons. The predicted molar refractivity (Wildman–Crippen MR) is 77.8 cm³/mol. The summed E-state index contributed by atoms with van der Waals surface area (Å²) < 4.78 is 5.50. The van der Waals surface area contributed by atoms with Crippen molar-refractivity contribution in [1.82, 2.24) is 0 Å². The van der Waals surface area contributed by atoms with Crippen LogP contribution >= 0.6 is 15.9 Å². The summed E-state index contributed by atoms with van der Waals surface area (Å²) in [5.41, 5.74) is 4.61. The smallest absolute Gasteiger partial charge is 0.0725 e. The molecule has 0 aromatic heterocycles. The summed E-state index contributed by atoms with van der Waals surface area (Å²) in [5, 5.41) is 0. The van der Waals surface area contributed by atoms with Gasteiger partial charge in [-0.2, -0.15) is 0 Å². The van der Waals surface area contributed by atoms with Gasteiger partial charge in [-0.25, -0.2) is 0 Å². The van der Waals surface area contributed by atoms with Crippen molar-refractivity contribution in [2.75, 3.05) is 0 Å². The summed E-state index contributed by atoms with van der Waals surface area (Å²) in [4.78, 5) is 0.483. The van der Waals surface area contributed by atoms with Gasteiger partial charge in [0.15, 0.2) is 0 Å². The molecule has 1 nitrogen and oxygen atoms in total. The van der Waals surface area contributed by atoms with Crippen LogP contribution in [0.3, 0.4) is 0 Å². The van der Waals surface area contributed by atoms with Gasteiger partial charge in [0, 0.05) is 4.83 Å². The lowest BCUT2D eigenvalue weighted by Crippen LogP contribution is -2.25. The third-order valence-electron chi connectivity index (χ3n) is 4.65. The van der Waals surface area contributed by atoms with E-state index in [0.717, 1.165) is 13.2 Å². The molecule has 1 saturated carbocycles. The Kier molecular flexibility index (Phi) is 3.50. The summed E-state index contributed by atoms with van der Waals surface area (Å²) in [7, 11) is 0. The van der Waals surface area contributed by atoms with E-state index in [1.54, 1.807) is 0 Å². The molecule has 0 N–H and O–H groups in total. The number of halogens is 1. The Morgan fingerprint density at radius 1 is 1.11 bits per heavy atom. The fourth-order valence-corrected chi connectivity index (χ4v) is 4.11. The maximum atomic E-state index is 5.50. The number of benzene rings is 1. The molecule has 1 atom stereocenters. The van der Waals surface area contributed by atoms with Crippen LogP contribution in [0.15, 0.2) is 18.2 Å². The molecule has 1 aliphatic carbocycles. The number of alkyl halides is 1. The Bertz CT molecular complexity index is 435. The molecule has 18 heavy (non-hydrogen) atoms. The summed E-state index contributed by atoms with van der Waals surface area (Å²) in [5.74, 6) is 0. The first-order valence-corrected chi connectivity index (χ1v) is 7.94. The molecule has 1 fully saturated rings. The number of ether oxygens (including phenoxy) is 1. The van der Waals surface area contributed by atoms with Gasteiger partial charge in [0.2, 0.25) is 0 Å². The van der Waals surface area contributed by atoms with Crippen LogP contribution in [0.25, 0.3) is 0 Å². The number of hydrogen-bond acceptors (Lipinski definition) is 1.